The molecule has 15 heavy (non-hydrogen) atoms. The lowest BCUT2D eigenvalue weighted by atomic mass is 10.0. The van der Waals surface area contributed by atoms with Crippen LogP contribution in [0.15, 0.2) is 0 Å². The van der Waals surface area contributed by atoms with Crippen molar-refractivity contribution >= 4 is 10.0 Å². The highest BCUT2D eigenvalue weighted by molar-refractivity contribution is 7.89. The highest BCUT2D eigenvalue weighted by atomic mass is 32.2. The van der Waals surface area contributed by atoms with Crippen LogP contribution in [-0.2, 0) is 10.0 Å². The van der Waals surface area contributed by atoms with Crippen LogP contribution in [0.5, 0.6) is 0 Å². The number of hydrogen-bond acceptors (Lipinski definition) is 2. The number of unbranched alkanes of at least 4 members (excludes halogenated alkanes) is 1. The standard InChI is InChI=1S/C11H23NO2S/c1-4-5-9-15(13,14)12-10(2)7-6-8-11(12)3/h10-11H,4-9H2,1-3H3. The van der Waals surface area contributed by atoms with E-state index in [-0.39, 0.29) is 12.1 Å². The smallest absolute Gasteiger partial charge is 0.212 e. The Morgan fingerprint density at radius 1 is 1.20 bits per heavy atom. The molecule has 2 unspecified atom stereocenters. The van der Waals surface area contributed by atoms with Gasteiger partial charge >= 0.3 is 0 Å². The van der Waals surface area contributed by atoms with Gasteiger partial charge in [0.15, 0.2) is 0 Å². The molecule has 4 heteroatoms. The molecule has 0 amide bonds. The minimum absolute atomic E-state index is 0.190. The molecule has 1 rings (SSSR count). The first-order valence-electron chi connectivity index (χ1n) is 6.00. The van der Waals surface area contributed by atoms with Crippen LogP contribution in [0.3, 0.4) is 0 Å². The predicted molar refractivity (Wildman–Crippen MR) is 63.3 cm³/mol. The summed E-state index contributed by atoms with van der Waals surface area (Å²) < 4.78 is 25.9. The summed E-state index contributed by atoms with van der Waals surface area (Å²) in [6, 6.07) is 0.381. The molecule has 1 fully saturated rings. The van der Waals surface area contributed by atoms with E-state index < -0.39 is 10.0 Å². The molecule has 1 aliphatic rings. The summed E-state index contributed by atoms with van der Waals surface area (Å²) in [6.07, 6.45) is 4.89. The minimum atomic E-state index is -3.01. The highest BCUT2D eigenvalue weighted by Crippen LogP contribution is 2.26. The van der Waals surface area contributed by atoms with E-state index in [0.717, 1.165) is 32.1 Å². The molecule has 0 spiro atoms. The van der Waals surface area contributed by atoms with Gasteiger partial charge in [0.2, 0.25) is 10.0 Å². The van der Waals surface area contributed by atoms with E-state index in [1.54, 1.807) is 4.31 Å². The van der Waals surface area contributed by atoms with Crippen LogP contribution in [0.2, 0.25) is 0 Å². The van der Waals surface area contributed by atoms with Crippen molar-refractivity contribution in [3.8, 4) is 0 Å². The van der Waals surface area contributed by atoms with Crippen molar-refractivity contribution in [2.45, 2.75) is 65.0 Å². The van der Waals surface area contributed by atoms with Crippen LogP contribution < -0.4 is 0 Å². The maximum atomic E-state index is 12.1. The third-order valence-corrected chi connectivity index (χ3v) is 5.36. The Bertz CT molecular complexity index is 277. The van der Waals surface area contributed by atoms with Crippen molar-refractivity contribution in [3.05, 3.63) is 0 Å². The minimum Gasteiger partial charge on any atom is -0.212 e. The van der Waals surface area contributed by atoms with E-state index in [1.165, 1.54) is 0 Å². The number of rotatable bonds is 4. The number of nitrogens with zero attached hydrogens (tertiary/aromatic N) is 1. The van der Waals surface area contributed by atoms with E-state index in [4.69, 9.17) is 0 Å². The second kappa shape index (κ2) is 5.30. The van der Waals surface area contributed by atoms with Gasteiger partial charge in [0, 0.05) is 12.1 Å². The molecular formula is C11H23NO2S. The molecule has 0 N–H and O–H groups in total. The summed E-state index contributed by atoms with van der Waals surface area (Å²) in [7, 11) is -3.01. The third kappa shape index (κ3) is 3.18. The van der Waals surface area contributed by atoms with Crippen LogP contribution in [-0.4, -0.2) is 30.6 Å². The highest BCUT2D eigenvalue weighted by Gasteiger charge is 2.33. The normalized spacial score (nSPS) is 29.3. The van der Waals surface area contributed by atoms with Crippen LogP contribution in [0, 0.1) is 0 Å². The van der Waals surface area contributed by atoms with Crippen molar-refractivity contribution < 1.29 is 8.42 Å². The Labute approximate surface area is 93.9 Å². The van der Waals surface area contributed by atoms with Crippen molar-refractivity contribution in [1.82, 2.24) is 4.31 Å². The fourth-order valence-corrected chi connectivity index (χ4v) is 4.55. The molecule has 0 aliphatic carbocycles. The average Bonchev–Trinajstić information content (AvgIpc) is 2.14. The molecule has 1 aliphatic heterocycles. The second-order valence-electron chi connectivity index (χ2n) is 4.63. The molecule has 1 saturated heterocycles. The molecule has 0 aromatic heterocycles. The Balaban J connectivity index is 2.74. The molecule has 0 radical (unpaired) electrons. The van der Waals surface area contributed by atoms with Crippen LogP contribution >= 0.6 is 0 Å². The Morgan fingerprint density at radius 3 is 2.20 bits per heavy atom. The summed E-state index contributed by atoms with van der Waals surface area (Å²) in [5.41, 5.74) is 0. The lowest BCUT2D eigenvalue weighted by Gasteiger charge is -2.37. The summed E-state index contributed by atoms with van der Waals surface area (Å²) in [5, 5.41) is 0. The molecule has 3 nitrogen and oxygen atoms in total. The fraction of sp³-hybridized carbons (Fsp3) is 1.00. The van der Waals surface area contributed by atoms with Gasteiger partial charge in [-0.1, -0.05) is 19.8 Å². The molecular weight excluding hydrogens is 210 g/mol. The van der Waals surface area contributed by atoms with Gasteiger partial charge in [0.1, 0.15) is 0 Å². The third-order valence-electron chi connectivity index (χ3n) is 3.19. The summed E-state index contributed by atoms with van der Waals surface area (Å²) in [4.78, 5) is 0. The van der Waals surface area contributed by atoms with E-state index in [9.17, 15) is 8.42 Å². The molecule has 0 saturated carbocycles. The second-order valence-corrected chi connectivity index (χ2v) is 6.62. The Morgan fingerprint density at radius 2 is 1.73 bits per heavy atom. The Kier molecular flexibility index (Phi) is 4.59. The van der Waals surface area contributed by atoms with E-state index in [0.29, 0.717) is 5.75 Å². The van der Waals surface area contributed by atoms with Crippen molar-refractivity contribution in [2.24, 2.45) is 0 Å². The van der Waals surface area contributed by atoms with Gasteiger partial charge in [-0.05, 0) is 33.1 Å². The summed E-state index contributed by atoms with van der Waals surface area (Å²) in [6.45, 7) is 6.08. The van der Waals surface area contributed by atoms with Gasteiger partial charge in [0.05, 0.1) is 5.75 Å². The van der Waals surface area contributed by atoms with Gasteiger partial charge in [-0.2, -0.15) is 4.31 Å². The van der Waals surface area contributed by atoms with Crippen molar-refractivity contribution in [2.75, 3.05) is 5.75 Å². The zero-order chi connectivity index (χ0) is 11.5. The van der Waals surface area contributed by atoms with Crippen molar-refractivity contribution in [1.29, 1.82) is 0 Å². The SMILES string of the molecule is CCCCS(=O)(=O)N1C(C)CCCC1C. The summed E-state index contributed by atoms with van der Waals surface area (Å²) >= 11 is 0. The van der Waals surface area contributed by atoms with Gasteiger partial charge < -0.3 is 0 Å². The van der Waals surface area contributed by atoms with Gasteiger partial charge in [-0.15, -0.1) is 0 Å². The lowest BCUT2D eigenvalue weighted by Crippen LogP contribution is -2.48. The average molecular weight is 233 g/mol. The maximum absolute atomic E-state index is 12.1. The quantitative estimate of drug-likeness (QED) is 0.747. The first kappa shape index (κ1) is 13.0. The van der Waals surface area contributed by atoms with Crippen LogP contribution in [0.1, 0.15) is 52.9 Å². The monoisotopic (exact) mass is 233 g/mol. The molecule has 90 valence electrons. The zero-order valence-electron chi connectivity index (χ0n) is 10.1. The first-order valence-corrected chi connectivity index (χ1v) is 7.61. The molecule has 2 atom stereocenters. The fourth-order valence-electron chi connectivity index (χ4n) is 2.38. The summed E-state index contributed by atoms with van der Waals surface area (Å²) in [5.74, 6) is 0.318. The molecule has 0 aromatic carbocycles. The first-order chi connectivity index (χ1) is 6.99. The van der Waals surface area contributed by atoms with Gasteiger partial charge in [0.25, 0.3) is 0 Å². The van der Waals surface area contributed by atoms with Crippen LogP contribution in [0.25, 0.3) is 0 Å². The van der Waals surface area contributed by atoms with E-state index >= 15 is 0 Å². The van der Waals surface area contributed by atoms with Crippen LogP contribution in [0.4, 0.5) is 0 Å². The number of sulfonamides is 1. The molecule has 1 heterocycles. The maximum Gasteiger partial charge on any atom is 0.214 e. The lowest BCUT2D eigenvalue weighted by molar-refractivity contribution is 0.204. The topological polar surface area (TPSA) is 37.4 Å². The van der Waals surface area contributed by atoms with E-state index in [2.05, 4.69) is 0 Å². The zero-order valence-corrected chi connectivity index (χ0v) is 10.9. The predicted octanol–water partition coefficient (Wildman–Crippen LogP) is 2.38. The van der Waals surface area contributed by atoms with E-state index in [1.807, 2.05) is 20.8 Å². The number of piperidine rings is 1. The largest absolute Gasteiger partial charge is 0.214 e. The molecule has 0 aromatic rings. The van der Waals surface area contributed by atoms with Gasteiger partial charge in [-0.25, -0.2) is 8.42 Å². The van der Waals surface area contributed by atoms with Crippen molar-refractivity contribution in [3.63, 3.8) is 0 Å². The molecule has 0 bridgehead atoms. The Hall–Kier alpha value is -0.0900. The number of hydrogen-bond donors (Lipinski definition) is 0. The van der Waals surface area contributed by atoms with Gasteiger partial charge in [-0.3, -0.25) is 0 Å².